The van der Waals surface area contributed by atoms with Crippen molar-refractivity contribution in [3.8, 4) is 5.82 Å². The van der Waals surface area contributed by atoms with E-state index in [1.165, 1.54) is 0 Å². The van der Waals surface area contributed by atoms with E-state index in [0.717, 1.165) is 30.3 Å². The number of carbonyl (C=O) groups excluding carboxylic acids is 1. The number of carbonyl (C=O) groups is 1. The number of rotatable bonds is 5. The van der Waals surface area contributed by atoms with Crippen LogP contribution in [-0.4, -0.2) is 63.7 Å². The van der Waals surface area contributed by atoms with Crippen molar-refractivity contribution in [3.63, 3.8) is 0 Å². The second-order valence-corrected chi connectivity index (χ2v) is 7.14. The Hall–Kier alpha value is -2.12. The van der Waals surface area contributed by atoms with Gasteiger partial charge in [-0.3, -0.25) is 9.58 Å². The Kier molecular flexibility index (Phi) is 5.48. The number of hydrogen-bond acceptors (Lipinski definition) is 5. The highest BCUT2D eigenvalue weighted by Crippen LogP contribution is 2.21. The first-order valence-electron chi connectivity index (χ1n) is 9.08. The van der Waals surface area contributed by atoms with Gasteiger partial charge in [0.05, 0.1) is 12.8 Å². The molecule has 1 aliphatic heterocycles. The molecular formula is C19H28N4O3. The molecule has 0 unspecified atom stereocenters. The minimum absolute atomic E-state index is 0.0923. The number of aromatic nitrogens is 3. The van der Waals surface area contributed by atoms with Crippen LogP contribution in [0.25, 0.3) is 5.82 Å². The van der Waals surface area contributed by atoms with Gasteiger partial charge in [-0.1, -0.05) is 0 Å². The van der Waals surface area contributed by atoms with E-state index in [0.29, 0.717) is 18.2 Å². The van der Waals surface area contributed by atoms with Gasteiger partial charge >= 0.3 is 5.97 Å². The molecule has 1 fully saturated rings. The molecule has 0 aromatic carbocycles. The third-order valence-electron chi connectivity index (χ3n) is 4.91. The van der Waals surface area contributed by atoms with Gasteiger partial charge in [0, 0.05) is 37.6 Å². The maximum Gasteiger partial charge on any atom is 0.343 e. The molecule has 7 nitrogen and oxygen atoms in total. The third kappa shape index (κ3) is 3.68. The van der Waals surface area contributed by atoms with Crippen LogP contribution in [-0.2, 0) is 16.5 Å². The summed E-state index contributed by atoms with van der Waals surface area (Å²) in [4.78, 5) is 15.0. The smallest absolute Gasteiger partial charge is 0.343 e. The summed E-state index contributed by atoms with van der Waals surface area (Å²) in [6.45, 7) is 11.0. The molecule has 1 aliphatic rings. The van der Waals surface area contributed by atoms with Gasteiger partial charge in [0.2, 0.25) is 0 Å². The number of nitrogens with zero attached hydrogens (tertiary/aromatic N) is 4. The Morgan fingerprint density at radius 2 is 2.04 bits per heavy atom. The molecular weight excluding hydrogens is 332 g/mol. The molecule has 0 saturated carbocycles. The summed E-state index contributed by atoms with van der Waals surface area (Å²) in [5.74, 6) is 0.356. The van der Waals surface area contributed by atoms with Gasteiger partial charge in [-0.2, -0.15) is 5.10 Å². The molecule has 2 aromatic heterocycles. The fraction of sp³-hybridized carbons (Fsp3) is 0.579. The monoisotopic (exact) mass is 360 g/mol. The van der Waals surface area contributed by atoms with E-state index in [9.17, 15) is 4.79 Å². The standard InChI is InChI=1S/C19H28N4O3/c1-13(2)22-8-9-25-16(11-22)12-26-19(24)17-10-20-21(5)18(17)23-14(3)6-7-15(23)4/h6-7,10,13,16H,8-9,11-12H2,1-5H3/t16-/m1/s1. The maximum absolute atomic E-state index is 12.7. The Labute approximate surface area is 154 Å². The molecule has 0 bridgehead atoms. The van der Waals surface area contributed by atoms with Gasteiger partial charge < -0.3 is 14.0 Å². The molecule has 1 saturated heterocycles. The zero-order valence-corrected chi connectivity index (χ0v) is 16.2. The lowest BCUT2D eigenvalue weighted by atomic mass is 10.2. The molecule has 0 aliphatic carbocycles. The van der Waals surface area contributed by atoms with E-state index >= 15 is 0 Å². The zero-order valence-electron chi connectivity index (χ0n) is 16.2. The maximum atomic E-state index is 12.7. The predicted molar refractivity (Wildman–Crippen MR) is 98.7 cm³/mol. The van der Waals surface area contributed by atoms with Crippen LogP contribution >= 0.6 is 0 Å². The lowest BCUT2D eigenvalue weighted by molar-refractivity contribution is -0.0662. The Morgan fingerprint density at radius 3 is 2.69 bits per heavy atom. The van der Waals surface area contributed by atoms with E-state index < -0.39 is 0 Å². The molecule has 0 radical (unpaired) electrons. The van der Waals surface area contributed by atoms with Crippen LogP contribution in [0.15, 0.2) is 18.3 Å². The normalized spacial score (nSPS) is 18.5. The summed E-state index contributed by atoms with van der Waals surface area (Å²) in [5.41, 5.74) is 2.55. The first-order valence-corrected chi connectivity index (χ1v) is 9.08. The molecule has 2 aromatic rings. The van der Waals surface area contributed by atoms with Crippen LogP contribution in [0, 0.1) is 13.8 Å². The summed E-state index contributed by atoms with van der Waals surface area (Å²) >= 11 is 0. The molecule has 0 N–H and O–H groups in total. The fourth-order valence-corrected chi connectivity index (χ4v) is 3.40. The van der Waals surface area contributed by atoms with Gasteiger partial charge in [0.1, 0.15) is 24.1 Å². The highest BCUT2D eigenvalue weighted by atomic mass is 16.6. The van der Waals surface area contributed by atoms with Gasteiger partial charge in [-0.15, -0.1) is 0 Å². The van der Waals surface area contributed by atoms with Crippen LogP contribution in [0.2, 0.25) is 0 Å². The summed E-state index contributed by atoms with van der Waals surface area (Å²) < 4.78 is 15.0. The molecule has 7 heteroatoms. The van der Waals surface area contributed by atoms with Crippen molar-refractivity contribution in [1.29, 1.82) is 0 Å². The summed E-state index contributed by atoms with van der Waals surface area (Å²) in [6.07, 6.45) is 1.48. The number of ether oxygens (including phenoxy) is 2. The Balaban J connectivity index is 1.72. The van der Waals surface area contributed by atoms with Crippen molar-refractivity contribution < 1.29 is 14.3 Å². The van der Waals surface area contributed by atoms with Crippen molar-refractivity contribution in [3.05, 3.63) is 35.3 Å². The van der Waals surface area contributed by atoms with Crippen molar-refractivity contribution in [1.82, 2.24) is 19.2 Å². The summed E-state index contributed by atoms with van der Waals surface area (Å²) in [7, 11) is 1.83. The van der Waals surface area contributed by atoms with Gasteiger partial charge in [0.15, 0.2) is 0 Å². The van der Waals surface area contributed by atoms with Crippen LogP contribution in [0.5, 0.6) is 0 Å². The first kappa shape index (κ1) is 18.7. The van der Waals surface area contributed by atoms with Gasteiger partial charge in [-0.05, 0) is 39.8 Å². The topological polar surface area (TPSA) is 61.5 Å². The minimum Gasteiger partial charge on any atom is -0.459 e. The highest BCUT2D eigenvalue weighted by Gasteiger charge is 2.26. The summed E-state index contributed by atoms with van der Waals surface area (Å²) in [5, 5.41) is 4.26. The second-order valence-electron chi connectivity index (χ2n) is 7.14. The van der Waals surface area contributed by atoms with Crippen LogP contribution < -0.4 is 0 Å². The SMILES string of the molecule is Cc1ccc(C)n1-c1c(C(=O)OC[C@H]2CN(C(C)C)CCO2)cnn1C. The Morgan fingerprint density at radius 1 is 1.35 bits per heavy atom. The number of hydrogen-bond donors (Lipinski definition) is 0. The number of aryl methyl sites for hydroxylation is 3. The summed E-state index contributed by atoms with van der Waals surface area (Å²) in [6, 6.07) is 4.50. The minimum atomic E-state index is -0.370. The Bertz CT molecular complexity index is 758. The highest BCUT2D eigenvalue weighted by molar-refractivity contribution is 5.92. The largest absolute Gasteiger partial charge is 0.459 e. The van der Waals surface area contributed by atoms with Crippen molar-refractivity contribution in [2.45, 2.75) is 39.8 Å². The van der Waals surface area contributed by atoms with Crippen LogP contribution in [0.1, 0.15) is 35.6 Å². The molecule has 142 valence electrons. The quantitative estimate of drug-likeness (QED) is 0.764. The third-order valence-corrected chi connectivity index (χ3v) is 4.91. The van der Waals surface area contributed by atoms with Gasteiger partial charge in [0.25, 0.3) is 0 Å². The lowest BCUT2D eigenvalue weighted by Gasteiger charge is -2.35. The molecule has 1 atom stereocenters. The van der Waals surface area contributed by atoms with E-state index in [1.807, 2.05) is 37.6 Å². The molecule has 3 heterocycles. The molecule has 3 rings (SSSR count). The number of esters is 1. The van der Waals surface area contributed by atoms with E-state index in [-0.39, 0.29) is 18.7 Å². The van der Waals surface area contributed by atoms with Crippen LogP contribution in [0.4, 0.5) is 0 Å². The van der Waals surface area contributed by atoms with Crippen molar-refractivity contribution >= 4 is 5.97 Å². The van der Waals surface area contributed by atoms with Crippen molar-refractivity contribution in [2.75, 3.05) is 26.3 Å². The first-order chi connectivity index (χ1) is 12.4. The predicted octanol–water partition coefficient (Wildman–Crippen LogP) is 2.09. The lowest BCUT2D eigenvalue weighted by Crippen LogP contribution is -2.47. The zero-order chi connectivity index (χ0) is 18.8. The van der Waals surface area contributed by atoms with E-state index in [1.54, 1.807) is 10.9 Å². The molecule has 0 spiro atoms. The number of morpholine rings is 1. The van der Waals surface area contributed by atoms with Gasteiger partial charge in [-0.25, -0.2) is 4.79 Å². The average molecular weight is 360 g/mol. The molecule has 26 heavy (non-hydrogen) atoms. The van der Waals surface area contributed by atoms with Crippen molar-refractivity contribution in [2.24, 2.45) is 7.05 Å². The van der Waals surface area contributed by atoms with Crippen LogP contribution in [0.3, 0.4) is 0 Å². The average Bonchev–Trinajstić information content (AvgIpc) is 3.15. The van der Waals surface area contributed by atoms with E-state index in [4.69, 9.17) is 9.47 Å². The van der Waals surface area contributed by atoms with E-state index in [2.05, 4.69) is 23.8 Å². The fourth-order valence-electron chi connectivity index (χ4n) is 3.40. The second kappa shape index (κ2) is 7.63. The molecule has 0 amide bonds.